The predicted molar refractivity (Wildman–Crippen MR) is 119 cm³/mol. The van der Waals surface area contributed by atoms with E-state index in [1.807, 2.05) is 66.7 Å². The molecule has 0 saturated heterocycles. The number of benzene rings is 2. The maximum absolute atomic E-state index is 5.96. The Labute approximate surface area is 192 Å². The topological polar surface area (TPSA) is 38.7 Å². The Kier molecular flexibility index (Phi) is 6.76. The summed E-state index contributed by atoms with van der Waals surface area (Å²) in [6, 6.07) is 17.3. The average Bonchev–Trinajstić information content (AvgIpc) is 2.66. The fraction of sp³-hybridized carbons (Fsp3) is 0.105. The molecule has 0 atom stereocenters. The van der Waals surface area contributed by atoms with E-state index in [-0.39, 0.29) is 17.5 Å². The van der Waals surface area contributed by atoms with Crippen molar-refractivity contribution < 1.29 is 0 Å². The first-order chi connectivity index (χ1) is 13.1. The van der Waals surface area contributed by atoms with E-state index in [9.17, 15) is 0 Å². The van der Waals surface area contributed by atoms with E-state index in [4.69, 9.17) is 69.6 Å². The largest absolute Gasteiger partial charge is 0.250 e. The van der Waals surface area contributed by atoms with E-state index >= 15 is 0 Å². The van der Waals surface area contributed by atoms with Gasteiger partial charge in [-0.05, 0) is 11.1 Å². The van der Waals surface area contributed by atoms with Crippen molar-refractivity contribution in [1.29, 1.82) is 0 Å². The van der Waals surface area contributed by atoms with Crippen molar-refractivity contribution in [2.24, 2.45) is 0 Å². The van der Waals surface area contributed by atoms with Gasteiger partial charge in [0.2, 0.25) is 7.59 Å². The minimum Gasteiger partial charge on any atom is -0.209 e. The van der Waals surface area contributed by atoms with Crippen molar-refractivity contribution in [3.05, 3.63) is 77.4 Å². The van der Waals surface area contributed by atoms with Crippen LogP contribution in [0, 0.1) is 0 Å². The quantitative estimate of drug-likeness (QED) is 0.282. The van der Waals surface area contributed by atoms with Crippen LogP contribution in [0.5, 0.6) is 0 Å². The fourth-order valence-corrected chi connectivity index (χ4v) is 2.85. The Morgan fingerprint density at radius 2 is 1.14 bits per heavy atom. The van der Waals surface area contributed by atoms with Crippen LogP contribution in [0.1, 0.15) is 22.8 Å². The van der Waals surface area contributed by atoms with E-state index in [2.05, 4.69) is 15.0 Å². The number of alkyl halides is 6. The van der Waals surface area contributed by atoms with Crippen molar-refractivity contribution >= 4 is 81.8 Å². The summed E-state index contributed by atoms with van der Waals surface area (Å²) in [6.45, 7) is 0. The Bertz CT molecular complexity index is 962. The smallest absolute Gasteiger partial charge is 0.209 e. The number of aromatic nitrogens is 3. The SMILES string of the molecule is ClC(Cl)(Cl)c1nc(-c2ccccc2/C=C/c2ccccc2)nc(C(Cl)(Cl)Cl)n1. The second-order valence-electron chi connectivity index (χ2n) is 5.63. The van der Waals surface area contributed by atoms with Crippen LogP contribution in [-0.2, 0) is 7.59 Å². The summed E-state index contributed by atoms with van der Waals surface area (Å²) in [5.41, 5.74) is 2.54. The van der Waals surface area contributed by atoms with Crippen LogP contribution in [-0.4, -0.2) is 15.0 Å². The third kappa shape index (κ3) is 5.50. The molecule has 0 saturated carbocycles. The molecule has 0 spiro atoms. The minimum absolute atomic E-state index is 0.134. The van der Waals surface area contributed by atoms with Crippen LogP contribution in [0.25, 0.3) is 23.5 Å². The van der Waals surface area contributed by atoms with Gasteiger partial charge in [-0.1, -0.05) is 136 Å². The standard InChI is InChI=1S/C19H11Cl6N3/c20-18(21,22)16-26-15(27-17(28-16)19(23,24)25)14-9-5-4-8-13(14)11-10-12-6-2-1-3-7-12/h1-11H/b11-10+. The predicted octanol–water partition coefficient (Wildman–Crippen LogP) is 7.36. The van der Waals surface area contributed by atoms with E-state index < -0.39 is 7.59 Å². The highest BCUT2D eigenvalue weighted by Crippen LogP contribution is 2.41. The highest BCUT2D eigenvalue weighted by atomic mass is 35.6. The summed E-state index contributed by atoms with van der Waals surface area (Å²) >= 11 is 35.7. The second kappa shape index (κ2) is 8.74. The Hall–Kier alpha value is -1.07. The molecule has 0 radical (unpaired) electrons. The molecule has 28 heavy (non-hydrogen) atoms. The van der Waals surface area contributed by atoms with Crippen molar-refractivity contribution in [3.63, 3.8) is 0 Å². The maximum atomic E-state index is 5.96. The molecule has 0 aliphatic heterocycles. The van der Waals surface area contributed by atoms with Gasteiger partial charge in [-0.3, -0.25) is 0 Å². The lowest BCUT2D eigenvalue weighted by Gasteiger charge is -2.16. The zero-order chi connectivity index (χ0) is 20.4. The number of hydrogen-bond donors (Lipinski definition) is 0. The summed E-state index contributed by atoms with van der Waals surface area (Å²) < 4.78 is -3.81. The van der Waals surface area contributed by atoms with Crippen molar-refractivity contribution in [2.45, 2.75) is 7.59 Å². The summed E-state index contributed by atoms with van der Waals surface area (Å²) in [5, 5.41) is 0. The van der Waals surface area contributed by atoms with E-state index in [0.717, 1.165) is 11.1 Å². The molecule has 1 heterocycles. The molecule has 144 valence electrons. The molecular formula is C19H11Cl6N3. The first-order valence-corrected chi connectivity index (χ1v) is 10.1. The molecule has 0 N–H and O–H groups in total. The lowest BCUT2D eigenvalue weighted by molar-refractivity contribution is 0.851. The minimum atomic E-state index is -1.91. The molecule has 0 bridgehead atoms. The summed E-state index contributed by atoms with van der Waals surface area (Å²) in [7, 11) is 0. The normalized spacial score (nSPS) is 12.5. The maximum Gasteiger partial charge on any atom is 0.250 e. The number of halogens is 6. The van der Waals surface area contributed by atoms with Crippen LogP contribution < -0.4 is 0 Å². The zero-order valence-electron chi connectivity index (χ0n) is 14.0. The van der Waals surface area contributed by atoms with Crippen molar-refractivity contribution in [3.8, 4) is 11.4 Å². The van der Waals surface area contributed by atoms with E-state index in [0.29, 0.717) is 5.56 Å². The van der Waals surface area contributed by atoms with Gasteiger partial charge in [-0.15, -0.1) is 0 Å². The average molecular weight is 494 g/mol. The molecule has 0 fully saturated rings. The van der Waals surface area contributed by atoms with Crippen LogP contribution in [0.15, 0.2) is 54.6 Å². The zero-order valence-corrected chi connectivity index (χ0v) is 18.5. The van der Waals surface area contributed by atoms with Crippen molar-refractivity contribution in [2.75, 3.05) is 0 Å². The number of rotatable bonds is 3. The number of nitrogens with zero attached hydrogens (tertiary/aromatic N) is 3. The van der Waals surface area contributed by atoms with Crippen LogP contribution in [0.4, 0.5) is 0 Å². The molecule has 0 amide bonds. The van der Waals surface area contributed by atoms with E-state index in [1.165, 1.54) is 0 Å². The Morgan fingerprint density at radius 1 is 0.607 bits per heavy atom. The van der Waals surface area contributed by atoms with Crippen LogP contribution in [0.3, 0.4) is 0 Å². The van der Waals surface area contributed by atoms with E-state index in [1.54, 1.807) is 0 Å². The molecule has 3 aromatic rings. The molecule has 1 aromatic heterocycles. The highest BCUT2D eigenvalue weighted by molar-refractivity contribution is 6.67. The summed E-state index contributed by atoms with van der Waals surface area (Å²) in [5.74, 6) is -0.0395. The monoisotopic (exact) mass is 491 g/mol. The third-order valence-electron chi connectivity index (χ3n) is 3.60. The third-order valence-corrected chi connectivity index (χ3v) is 4.61. The van der Waals surface area contributed by atoms with Gasteiger partial charge in [0.05, 0.1) is 0 Å². The molecular weight excluding hydrogens is 483 g/mol. The van der Waals surface area contributed by atoms with Gasteiger partial charge in [0.25, 0.3) is 0 Å². The molecule has 3 nitrogen and oxygen atoms in total. The van der Waals surface area contributed by atoms with Gasteiger partial charge in [0.1, 0.15) is 0 Å². The molecule has 0 aliphatic rings. The second-order valence-corrected chi connectivity index (χ2v) is 10.2. The summed E-state index contributed by atoms with van der Waals surface area (Å²) in [4.78, 5) is 12.5. The van der Waals surface area contributed by atoms with Gasteiger partial charge >= 0.3 is 0 Å². The van der Waals surface area contributed by atoms with Gasteiger partial charge in [0, 0.05) is 5.56 Å². The van der Waals surface area contributed by atoms with Crippen LogP contribution >= 0.6 is 69.6 Å². The fourth-order valence-electron chi connectivity index (χ4n) is 2.35. The van der Waals surface area contributed by atoms with Gasteiger partial charge in [-0.2, -0.15) is 0 Å². The molecule has 9 heteroatoms. The lowest BCUT2D eigenvalue weighted by Crippen LogP contribution is -2.17. The molecule has 2 aromatic carbocycles. The number of hydrogen-bond acceptors (Lipinski definition) is 3. The molecule has 0 aliphatic carbocycles. The Balaban J connectivity index is 2.12. The highest BCUT2D eigenvalue weighted by Gasteiger charge is 2.34. The molecule has 0 unspecified atom stereocenters. The van der Waals surface area contributed by atoms with Gasteiger partial charge < -0.3 is 0 Å². The lowest BCUT2D eigenvalue weighted by atomic mass is 10.1. The molecule has 3 rings (SSSR count). The van der Waals surface area contributed by atoms with Gasteiger partial charge in [0.15, 0.2) is 17.5 Å². The van der Waals surface area contributed by atoms with Gasteiger partial charge in [-0.25, -0.2) is 15.0 Å². The Morgan fingerprint density at radius 3 is 1.71 bits per heavy atom. The first-order valence-electron chi connectivity index (χ1n) is 7.87. The van der Waals surface area contributed by atoms with Crippen LogP contribution in [0.2, 0.25) is 0 Å². The first kappa shape index (κ1) is 21.6. The van der Waals surface area contributed by atoms with Crippen molar-refractivity contribution in [1.82, 2.24) is 15.0 Å². The summed E-state index contributed by atoms with van der Waals surface area (Å²) in [6.07, 6.45) is 3.89.